The van der Waals surface area contributed by atoms with Gasteiger partial charge < -0.3 is 4.74 Å². The summed E-state index contributed by atoms with van der Waals surface area (Å²) in [6.45, 7) is 24.3. The molecular weight excluding hydrogens is 919 g/mol. The van der Waals surface area contributed by atoms with Crippen LogP contribution in [0.3, 0.4) is 0 Å². The Morgan fingerprint density at radius 1 is 0.688 bits per heavy atom. The van der Waals surface area contributed by atoms with Gasteiger partial charge in [0.25, 0.3) is 0 Å². The van der Waals surface area contributed by atoms with Gasteiger partial charge in [0.15, 0.2) is 0 Å². The molecule has 2 aromatic rings. The van der Waals surface area contributed by atoms with Crippen molar-refractivity contribution in [1.82, 2.24) is 15.5 Å². The summed E-state index contributed by atoms with van der Waals surface area (Å²) in [6, 6.07) is 15.2. The summed E-state index contributed by atoms with van der Waals surface area (Å²) in [7, 11) is 1.58. The first-order chi connectivity index (χ1) is 30.0. The van der Waals surface area contributed by atoms with Gasteiger partial charge in [-0.2, -0.15) is 0 Å². The van der Waals surface area contributed by atoms with Crippen molar-refractivity contribution in [2.45, 2.75) is 184 Å². The van der Waals surface area contributed by atoms with Crippen molar-refractivity contribution in [3.05, 3.63) is 59.7 Å². The van der Waals surface area contributed by atoms with Crippen LogP contribution in [-0.2, 0) is 36.7 Å². The monoisotopic (exact) mass is 1000 g/mol. The standard InChI is InChI=1S/C38H55N4O9.3C4H9.Sn/c1-12-48-31(43)30(40-33(44)49-36(2,3)4)23-28(22-26-16-14-13-15-17-26)25-42(35(46)51-38(8,9)10)32(41-34(45)50-37(5,6)7)39-24-27-18-20-29(47-11)21-19-27;3*1-3-4-2;/h14-21,28,30H,12,22-25H2,1-11H3,(H,40,44)(H,39,41,45);3*1,3-4H2,2H3;. The minimum atomic E-state index is -2.77. The number of benzene rings is 2. The van der Waals surface area contributed by atoms with E-state index < -0.39 is 71.4 Å². The third-order valence-electron chi connectivity index (χ3n) is 10.4. The molecule has 2 unspecified atom stereocenters. The second kappa shape index (κ2) is 26.8. The maximum atomic E-state index is 14.5. The predicted molar refractivity (Wildman–Crippen MR) is 259 cm³/mol. The fourth-order valence-electron chi connectivity index (χ4n) is 7.45. The number of aliphatic imine (C=N–C) groups is 1. The fraction of sp³-hybridized carbons (Fsp3) is 0.660. The van der Waals surface area contributed by atoms with Gasteiger partial charge in [-0.3, -0.25) is 0 Å². The average Bonchev–Trinajstić information content (AvgIpc) is 3.19. The van der Waals surface area contributed by atoms with Crippen LogP contribution in [0, 0.1) is 5.92 Å². The van der Waals surface area contributed by atoms with Gasteiger partial charge in [0.1, 0.15) is 11.4 Å². The van der Waals surface area contributed by atoms with E-state index in [1.165, 1.54) is 60.3 Å². The molecule has 0 heterocycles. The van der Waals surface area contributed by atoms with Crippen LogP contribution in [0.25, 0.3) is 0 Å². The predicted octanol–water partition coefficient (Wildman–Crippen LogP) is 11.1. The van der Waals surface area contributed by atoms with E-state index in [0.717, 1.165) is 11.1 Å². The molecule has 0 aromatic heterocycles. The van der Waals surface area contributed by atoms with Crippen LogP contribution in [0.2, 0.25) is 13.3 Å². The van der Waals surface area contributed by atoms with E-state index in [4.69, 9.17) is 28.7 Å². The molecule has 14 heteroatoms. The topological polar surface area (TPSA) is 154 Å². The first kappa shape index (κ1) is 56.1. The Kier molecular flexibility index (Phi) is 23.5. The molecule has 2 rings (SSSR count). The average molecular weight is 1000 g/mol. The van der Waals surface area contributed by atoms with E-state index in [1.54, 1.807) is 88.5 Å². The number of nitrogens with one attached hydrogen (secondary N) is 2. The van der Waals surface area contributed by atoms with Crippen molar-refractivity contribution >= 4 is 52.2 Å². The Labute approximate surface area is 389 Å². The first-order valence-electron chi connectivity index (χ1n) is 23.4. The summed E-state index contributed by atoms with van der Waals surface area (Å²) in [5.41, 5.74) is -0.830. The third-order valence-corrected chi connectivity index (χ3v) is 26.1. The molecule has 0 bridgehead atoms. The molecule has 0 aliphatic heterocycles. The third kappa shape index (κ3) is 21.3. The zero-order chi connectivity index (χ0) is 48.1. The van der Waals surface area contributed by atoms with Crippen LogP contribution < -0.4 is 18.9 Å². The van der Waals surface area contributed by atoms with E-state index in [1.807, 2.05) is 12.1 Å². The number of hydrogen-bond donors (Lipinski definition) is 2. The molecule has 0 aliphatic rings. The molecule has 64 heavy (non-hydrogen) atoms. The van der Waals surface area contributed by atoms with Crippen LogP contribution >= 0.6 is 0 Å². The number of hydrogen-bond acceptors (Lipinski definition) is 10. The minimum absolute atomic E-state index is 0.0456. The Hall–Kier alpha value is -4.01. The summed E-state index contributed by atoms with van der Waals surface area (Å²) in [4.78, 5) is 61.0. The van der Waals surface area contributed by atoms with Crippen molar-refractivity contribution in [3.8, 4) is 5.75 Å². The molecule has 13 nitrogen and oxygen atoms in total. The number of carbonyl (C=O) groups excluding carboxylic acids is 4. The number of esters is 1. The number of ether oxygens (including phenoxy) is 5. The number of carbonyl (C=O) groups is 4. The zero-order valence-electron chi connectivity index (χ0n) is 41.7. The van der Waals surface area contributed by atoms with Crippen molar-refractivity contribution in [1.29, 1.82) is 0 Å². The van der Waals surface area contributed by atoms with Crippen molar-refractivity contribution in [3.63, 3.8) is 0 Å². The number of nitrogens with zero attached hydrogens (tertiary/aromatic N) is 2. The SMILES string of the molecule is CCC[CH2][Sn]([CH2]CCC)([CH2]CCC)[c]1ccc(CC(CC(NC(=O)OC(C)(C)C)C(=O)OCC)CN(C(=O)OC(C)(C)C)C(=NCc2ccc(OC)cc2)NC(=O)OC(C)(C)C)cc1. The van der Waals surface area contributed by atoms with Gasteiger partial charge >= 0.3 is 302 Å². The number of alkyl carbamates (subject to hydrolysis) is 2. The molecule has 360 valence electrons. The molecule has 2 aromatic carbocycles. The van der Waals surface area contributed by atoms with E-state index in [0.29, 0.717) is 12.2 Å². The molecule has 0 saturated carbocycles. The van der Waals surface area contributed by atoms with Gasteiger partial charge in [0.2, 0.25) is 0 Å². The van der Waals surface area contributed by atoms with E-state index in [2.05, 4.69) is 55.7 Å². The maximum absolute atomic E-state index is 14.5. The Morgan fingerprint density at radius 2 is 1.19 bits per heavy atom. The molecule has 0 aliphatic carbocycles. The van der Waals surface area contributed by atoms with Crippen LogP contribution in [0.1, 0.15) is 146 Å². The van der Waals surface area contributed by atoms with E-state index >= 15 is 0 Å². The van der Waals surface area contributed by atoms with Gasteiger partial charge in [-0.15, -0.1) is 0 Å². The summed E-state index contributed by atoms with van der Waals surface area (Å²) in [5.74, 6) is -0.601. The molecule has 0 saturated heterocycles. The zero-order valence-corrected chi connectivity index (χ0v) is 44.6. The van der Waals surface area contributed by atoms with Gasteiger partial charge in [-0.1, -0.05) is 12.1 Å². The first-order valence-corrected chi connectivity index (χ1v) is 30.9. The Balaban J connectivity index is 2.85. The summed E-state index contributed by atoms with van der Waals surface area (Å²) in [5, 5.41) is 5.50. The van der Waals surface area contributed by atoms with E-state index in [-0.39, 0.29) is 32.1 Å². The van der Waals surface area contributed by atoms with Gasteiger partial charge in [-0.05, 0) is 53.7 Å². The second-order valence-corrected chi connectivity index (χ2v) is 33.0. The molecule has 0 spiro atoms. The second-order valence-electron chi connectivity index (χ2n) is 19.8. The quantitative estimate of drug-likeness (QED) is 0.0386. The van der Waals surface area contributed by atoms with Crippen LogP contribution in [0.15, 0.2) is 53.5 Å². The number of unbranched alkanes of at least 4 members (excludes halogenated alkanes) is 3. The molecular formula is C50H82N4O9Sn. The normalized spacial score (nSPS) is 13.3. The number of rotatable bonds is 22. The summed E-state index contributed by atoms with van der Waals surface area (Å²) in [6.07, 6.45) is 5.34. The van der Waals surface area contributed by atoms with Crippen LogP contribution in [-0.4, -0.2) is 96.6 Å². The van der Waals surface area contributed by atoms with E-state index in [9.17, 15) is 19.2 Å². The molecule has 3 amide bonds. The number of amides is 3. The van der Waals surface area contributed by atoms with Crippen LogP contribution in [0.5, 0.6) is 5.75 Å². The molecule has 2 atom stereocenters. The summed E-state index contributed by atoms with van der Waals surface area (Å²) >= 11 is -2.77. The number of guanidine groups is 1. The molecule has 0 fully saturated rings. The van der Waals surface area contributed by atoms with Crippen molar-refractivity contribution < 1.29 is 42.9 Å². The van der Waals surface area contributed by atoms with Crippen molar-refractivity contribution in [2.24, 2.45) is 10.9 Å². The van der Waals surface area contributed by atoms with Crippen LogP contribution in [0.4, 0.5) is 14.4 Å². The molecule has 0 radical (unpaired) electrons. The van der Waals surface area contributed by atoms with Gasteiger partial charge in [0, 0.05) is 0 Å². The van der Waals surface area contributed by atoms with Gasteiger partial charge in [-0.25, -0.2) is 0 Å². The van der Waals surface area contributed by atoms with Gasteiger partial charge in [0.05, 0.1) is 7.11 Å². The van der Waals surface area contributed by atoms with Crippen molar-refractivity contribution in [2.75, 3.05) is 20.3 Å². The fourth-order valence-corrected chi connectivity index (χ4v) is 23.4. The number of methoxy groups -OCH3 is 1. The molecule has 2 N–H and O–H groups in total. The Bertz CT molecular complexity index is 1740. The Morgan fingerprint density at radius 3 is 1.66 bits per heavy atom. The summed E-state index contributed by atoms with van der Waals surface area (Å²) < 4.78 is 33.6.